The minimum atomic E-state index is 0.137. The van der Waals surface area contributed by atoms with Crippen LogP contribution in [0.4, 0.5) is 0 Å². The average Bonchev–Trinajstić information content (AvgIpc) is 3.18. The molecule has 1 aromatic heterocycles. The summed E-state index contributed by atoms with van der Waals surface area (Å²) in [5.41, 5.74) is 4.83. The van der Waals surface area contributed by atoms with Crippen LogP contribution < -0.4 is 0 Å². The second-order valence-electron chi connectivity index (χ2n) is 6.03. The molecule has 0 unspecified atom stereocenters. The lowest BCUT2D eigenvalue weighted by Gasteiger charge is -2.14. The Bertz CT molecular complexity index is 783. The lowest BCUT2D eigenvalue weighted by molar-refractivity contribution is 0.103. The van der Waals surface area contributed by atoms with Crippen LogP contribution in [0.5, 0.6) is 0 Å². The summed E-state index contributed by atoms with van der Waals surface area (Å²) in [6.45, 7) is 3.81. The molecule has 0 aliphatic carbocycles. The molecule has 0 radical (unpaired) electrons. The quantitative estimate of drug-likeness (QED) is 0.722. The highest BCUT2D eigenvalue weighted by molar-refractivity contribution is 5.76. The number of ether oxygens (including phenoxy) is 1. The van der Waals surface area contributed by atoms with Gasteiger partial charge in [-0.1, -0.05) is 42.0 Å². The van der Waals surface area contributed by atoms with Crippen molar-refractivity contribution >= 4 is 11.0 Å². The van der Waals surface area contributed by atoms with Crippen molar-refractivity contribution in [1.29, 1.82) is 0 Å². The normalized spacial score (nSPS) is 18.1. The molecule has 22 heavy (non-hydrogen) atoms. The van der Waals surface area contributed by atoms with Crippen LogP contribution >= 0.6 is 0 Å². The van der Waals surface area contributed by atoms with Gasteiger partial charge in [0.1, 0.15) is 11.9 Å². The van der Waals surface area contributed by atoms with E-state index >= 15 is 0 Å². The Hall–Kier alpha value is -2.13. The molecule has 1 atom stereocenters. The summed E-state index contributed by atoms with van der Waals surface area (Å²) in [5.74, 6) is 1.07. The fourth-order valence-electron chi connectivity index (χ4n) is 3.16. The lowest BCUT2D eigenvalue weighted by atomic mass is 10.1. The molecular formula is C19H20N2O. The fourth-order valence-corrected chi connectivity index (χ4v) is 3.16. The minimum absolute atomic E-state index is 0.137. The van der Waals surface area contributed by atoms with Gasteiger partial charge in [0.25, 0.3) is 0 Å². The third-order valence-electron chi connectivity index (χ3n) is 4.36. The second kappa shape index (κ2) is 5.58. The van der Waals surface area contributed by atoms with Crippen LogP contribution in [0.15, 0.2) is 48.5 Å². The zero-order chi connectivity index (χ0) is 14.9. The molecule has 0 saturated carbocycles. The van der Waals surface area contributed by atoms with E-state index < -0.39 is 0 Å². The van der Waals surface area contributed by atoms with Crippen LogP contribution in [-0.4, -0.2) is 16.2 Å². The van der Waals surface area contributed by atoms with Crippen LogP contribution in [0.1, 0.15) is 35.9 Å². The van der Waals surface area contributed by atoms with Crippen molar-refractivity contribution in [2.75, 3.05) is 6.61 Å². The maximum atomic E-state index is 5.88. The monoisotopic (exact) mass is 292 g/mol. The third-order valence-corrected chi connectivity index (χ3v) is 4.36. The van der Waals surface area contributed by atoms with Crippen molar-refractivity contribution in [1.82, 2.24) is 9.55 Å². The summed E-state index contributed by atoms with van der Waals surface area (Å²) in [5, 5.41) is 0. The van der Waals surface area contributed by atoms with E-state index in [4.69, 9.17) is 9.72 Å². The Morgan fingerprint density at radius 1 is 1.14 bits per heavy atom. The van der Waals surface area contributed by atoms with Gasteiger partial charge in [-0.15, -0.1) is 0 Å². The highest BCUT2D eigenvalue weighted by atomic mass is 16.5. The van der Waals surface area contributed by atoms with Crippen molar-refractivity contribution in [2.24, 2.45) is 0 Å². The first-order chi connectivity index (χ1) is 10.8. The predicted molar refractivity (Wildman–Crippen MR) is 87.9 cm³/mol. The largest absolute Gasteiger partial charge is 0.370 e. The maximum absolute atomic E-state index is 5.88. The van der Waals surface area contributed by atoms with Gasteiger partial charge in [-0.3, -0.25) is 0 Å². The van der Waals surface area contributed by atoms with Crippen LogP contribution in [0.25, 0.3) is 11.0 Å². The molecule has 112 valence electrons. The average molecular weight is 292 g/mol. The van der Waals surface area contributed by atoms with Gasteiger partial charge in [0, 0.05) is 13.2 Å². The minimum Gasteiger partial charge on any atom is -0.370 e. The number of benzene rings is 2. The zero-order valence-electron chi connectivity index (χ0n) is 12.8. The highest BCUT2D eigenvalue weighted by Gasteiger charge is 2.24. The molecule has 0 bridgehead atoms. The number of hydrogen-bond donors (Lipinski definition) is 0. The van der Waals surface area contributed by atoms with E-state index in [1.807, 2.05) is 6.07 Å². The SMILES string of the molecule is Cc1ccc(Cn2c([C@@H]3CCCO3)nc3ccccc32)cc1. The van der Waals surface area contributed by atoms with E-state index in [9.17, 15) is 0 Å². The molecule has 0 amide bonds. The smallest absolute Gasteiger partial charge is 0.139 e. The Balaban J connectivity index is 1.79. The Morgan fingerprint density at radius 2 is 1.95 bits per heavy atom. The number of para-hydroxylation sites is 2. The van der Waals surface area contributed by atoms with Crippen LogP contribution in [0.3, 0.4) is 0 Å². The fraction of sp³-hybridized carbons (Fsp3) is 0.316. The molecule has 2 heterocycles. The molecule has 3 aromatic rings. The van der Waals surface area contributed by atoms with Crippen molar-refractivity contribution in [3.63, 3.8) is 0 Å². The number of imidazole rings is 1. The molecule has 1 aliphatic rings. The maximum Gasteiger partial charge on any atom is 0.139 e. The zero-order valence-corrected chi connectivity index (χ0v) is 12.8. The van der Waals surface area contributed by atoms with Crippen molar-refractivity contribution in [2.45, 2.75) is 32.4 Å². The van der Waals surface area contributed by atoms with E-state index in [-0.39, 0.29) is 6.10 Å². The van der Waals surface area contributed by atoms with Crippen LogP contribution in [-0.2, 0) is 11.3 Å². The number of fused-ring (bicyclic) bond motifs is 1. The number of rotatable bonds is 3. The van der Waals surface area contributed by atoms with Gasteiger partial charge in [-0.25, -0.2) is 4.98 Å². The van der Waals surface area contributed by atoms with Crippen molar-refractivity contribution in [3.8, 4) is 0 Å². The van der Waals surface area contributed by atoms with Crippen LogP contribution in [0.2, 0.25) is 0 Å². The molecule has 0 spiro atoms. The van der Waals surface area contributed by atoms with Crippen molar-refractivity contribution < 1.29 is 4.74 Å². The highest BCUT2D eigenvalue weighted by Crippen LogP contribution is 2.31. The van der Waals surface area contributed by atoms with Gasteiger partial charge >= 0.3 is 0 Å². The molecule has 0 N–H and O–H groups in total. The van der Waals surface area contributed by atoms with Gasteiger partial charge < -0.3 is 9.30 Å². The molecule has 1 aliphatic heterocycles. The summed E-state index contributed by atoms with van der Waals surface area (Å²) in [7, 11) is 0. The van der Waals surface area contributed by atoms with E-state index in [1.165, 1.54) is 16.6 Å². The van der Waals surface area contributed by atoms with Gasteiger partial charge in [0.05, 0.1) is 11.0 Å². The predicted octanol–water partition coefficient (Wildman–Crippen LogP) is 4.24. The first-order valence-electron chi connectivity index (χ1n) is 7.93. The first-order valence-corrected chi connectivity index (χ1v) is 7.93. The van der Waals surface area contributed by atoms with Gasteiger partial charge in [0.15, 0.2) is 0 Å². The number of aryl methyl sites for hydroxylation is 1. The molecule has 2 aromatic carbocycles. The number of aromatic nitrogens is 2. The summed E-state index contributed by atoms with van der Waals surface area (Å²) < 4.78 is 8.20. The van der Waals surface area contributed by atoms with E-state index in [0.29, 0.717) is 0 Å². The molecule has 3 nitrogen and oxygen atoms in total. The third kappa shape index (κ3) is 2.42. The Labute approximate surface area is 130 Å². The van der Waals surface area contributed by atoms with Crippen LogP contribution in [0, 0.1) is 6.92 Å². The first kappa shape index (κ1) is 13.5. The summed E-state index contributed by atoms with van der Waals surface area (Å²) >= 11 is 0. The second-order valence-corrected chi connectivity index (χ2v) is 6.03. The Kier molecular flexibility index (Phi) is 3.43. The van der Waals surface area contributed by atoms with E-state index in [1.54, 1.807) is 0 Å². The molecule has 1 saturated heterocycles. The van der Waals surface area contributed by atoms with E-state index in [2.05, 4.69) is 54.0 Å². The molecule has 3 heteroatoms. The molecule has 4 rings (SSSR count). The van der Waals surface area contributed by atoms with Crippen molar-refractivity contribution in [3.05, 3.63) is 65.5 Å². The van der Waals surface area contributed by atoms with Gasteiger partial charge in [-0.2, -0.15) is 0 Å². The molecular weight excluding hydrogens is 272 g/mol. The standard InChI is InChI=1S/C19H20N2O/c1-14-8-10-15(11-9-14)13-21-17-6-3-2-5-16(17)20-19(21)18-7-4-12-22-18/h2-3,5-6,8-11,18H,4,7,12-13H2,1H3/t18-/m0/s1. The number of hydrogen-bond acceptors (Lipinski definition) is 2. The number of nitrogens with zero attached hydrogens (tertiary/aromatic N) is 2. The topological polar surface area (TPSA) is 27.1 Å². The van der Waals surface area contributed by atoms with Gasteiger partial charge in [-0.05, 0) is 37.5 Å². The summed E-state index contributed by atoms with van der Waals surface area (Å²) in [6.07, 6.45) is 2.33. The molecule has 1 fully saturated rings. The van der Waals surface area contributed by atoms with E-state index in [0.717, 1.165) is 37.3 Å². The van der Waals surface area contributed by atoms with Gasteiger partial charge in [0.2, 0.25) is 0 Å². The lowest BCUT2D eigenvalue weighted by Crippen LogP contribution is -2.09. The Morgan fingerprint density at radius 3 is 2.73 bits per heavy atom. The summed E-state index contributed by atoms with van der Waals surface area (Å²) in [4.78, 5) is 4.85. The summed E-state index contributed by atoms with van der Waals surface area (Å²) in [6, 6.07) is 17.1.